The molecule has 1 fully saturated rings. The maximum absolute atomic E-state index is 13.0. The number of rotatable bonds is 3. The average Bonchev–Trinajstić information content (AvgIpc) is 2.35. The van der Waals surface area contributed by atoms with Gasteiger partial charge < -0.3 is 10.1 Å². The summed E-state index contributed by atoms with van der Waals surface area (Å²) in [5.41, 5.74) is 0. The van der Waals surface area contributed by atoms with Crippen molar-refractivity contribution in [2.24, 2.45) is 0 Å². The van der Waals surface area contributed by atoms with Gasteiger partial charge in [0.2, 0.25) is 0 Å². The highest BCUT2D eigenvalue weighted by atomic mass is 19.2. The molecule has 1 N–H and O–H groups in total. The van der Waals surface area contributed by atoms with Crippen LogP contribution in [0.5, 0.6) is 5.75 Å². The molecule has 0 amide bonds. The van der Waals surface area contributed by atoms with E-state index < -0.39 is 11.6 Å². The maximum Gasteiger partial charge on any atom is 0.162 e. The van der Waals surface area contributed by atoms with Crippen molar-refractivity contribution >= 4 is 0 Å². The van der Waals surface area contributed by atoms with Crippen molar-refractivity contribution in [3.8, 4) is 5.75 Å². The van der Waals surface area contributed by atoms with E-state index >= 15 is 0 Å². The number of hydrogen-bond acceptors (Lipinski definition) is 2. The predicted molar refractivity (Wildman–Crippen MR) is 62.1 cm³/mol. The predicted octanol–water partition coefficient (Wildman–Crippen LogP) is 2.87. The van der Waals surface area contributed by atoms with Crippen LogP contribution in [0.3, 0.4) is 0 Å². The Kier molecular flexibility index (Phi) is 3.94. The lowest BCUT2D eigenvalue weighted by Gasteiger charge is -2.29. The quantitative estimate of drug-likeness (QED) is 0.878. The molecule has 1 aromatic carbocycles. The molecule has 0 bridgehead atoms. The lowest BCUT2D eigenvalue weighted by Crippen LogP contribution is -2.44. The average molecular weight is 241 g/mol. The fourth-order valence-corrected chi connectivity index (χ4v) is 2.13. The van der Waals surface area contributed by atoms with Crippen LogP contribution in [0.25, 0.3) is 0 Å². The Labute approximate surface area is 100.0 Å². The lowest BCUT2D eigenvalue weighted by molar-refractivity contribution is 0.152. The van der Waals surface area contributed by atoms with Gasteiger partial charge in [-0.3, -0.25) is 0 Å². The van der Waals surface area contributed by atoms with E-state index in [4.69, 9.17) is 4.74 Å². The molecule has 2 nitrogen and oxygen atoms in total. The van der Waals surface area contributed by atoms with E-state index in [0.717, 1.165) is 25.1 Å². The minimum Gasteiger partial charge on any atom is -0.489 e. The summed E-state index contributed by atoms with van der Waals surface area (Å²) < 4.78 is 31.4. The van der Waals surface area contributed by atoms with Gasteiger partial charge in [-0.1, -0.05) is 6.42 Å². The summed E-state index contributed by atoms with van der Waals surface area (Å²) in [4.78, 5) is 0. The Hall–Kier alpha value is -1.16. The van der Waals surface area contributed by atoms with Crippen molar-refractivity contribution < 1.29 is 13.5 Å². The van der Waals surface area contributed by atoms with Gasteiger partial charge in [-0.25, -0.2) is 8.78 Å². The molecule has 1 aromatic rings. The first-order valence-corrected chi connectivity index (χ1v) is 6.02. The maximum atomic E-state index is 13.0. The molecule has 0 aromatic heterocycles. The highest BCUT2D eigenvalue weighted by molar-refractivity contribution is 5.24. The molecular weight excluding hydrogens is 224 g/mol. The van der Waals surface area contributed by atoms with Gasteiger partial charge in [0.05, 0.1) is 0 Å². The molecule has 94 valence electrons. The molecule has 4 heteroatoms. The third-order valence-corrected chi connectivity index (χ3v) is 3.13. The smallest absolute Gasteiger partial charge is 0.162 e. The number of halogens is 2. The molecule has 0 radical (unpaired) electrons. The molecule has 1 aliphatic heterocycles. The van der Waals surface area contributed by atoms with E-state index in [0.29, 0.717) is 5.75 Å². The standard InChI is InChI=1S/C13H17F2NO/c1-9(13-4-2-3-7-16-13)17-10-5-6-11(14)12(15)8-10/h5-6,8-9,13,16H,2-4,7H2,1H3. The monoisotopic (exact) mass is 241 g/mol. The van der Waals surface area contributed by atoms with E-state index in [1.807, 2.05) is 6.92 Å². The highest BCUT2D eigenvalue weighted by Crippen LogP contribution is 2.19. The van der Waals surface area contributed by atoms with Crippen LogP contribution in [0.1, 0.15) is 26.2 Å². The summed E-state index contributed by atoms with van der Waals surface area (Å²) in [7, 11) is 0. The minimum atomic E-state index is -0.869. The summed E-state index contributed by atoms with van der Waals surface area (Å²) in [5, 5.41) is 3.37. The SMILES string of the molecule is CC(Oc1ccc(F)c(F)c1)C1CCCCN1. The fraction of sp³-hybridized carbons (Fsp3) is 0.538. The summed E-state index contributed by atoms with van der Waals surface area (Å²) in [6.45, 7) is 2.94. The molecule has 2 unspecified atom stereocenters. The molecule has 1 aliphatic rings. The zero-order valence-electron chi connectivity index (χ0n) is 9.88. The molecule has 0 saturated carbocycles. The second-order valence-electron chi connectivity index (χ2n) is 4.46. The molecule has 0 aliphatic carbocycles. The van der Waals surface area contributed by atoms with Crippen molar-refractivity contribution in [2.75, 3.05) is 6.54 Å². The van der Waals surface area contributed by atoms with Crippen LogP contribution in [0, 0.1) is 11.6 Å². The normalized spacial score (nSPS) is 22.2. The lowest BCUT2D eigenvalue weighted by atomic mass is 10.0. The summed E-state index contributed by atoms with van der Waals surface area (Å²) in [6.07, 6.45) is 3.39. The zero-order valence-corrected chi connectivity index (χ0v) is 9.88. The van der Waals surface area contributed by atoms with Gasteiger partial charge in [-0.2, -0.15) is 0 Å². The van der Waals surface area contributed by atoms with E-state index in [-0.39, 0.29) is 12.1 Å². The topological polar surface area (TPSA) is 21.3 Å². The Bertz CT molecular complexity index is 378. The molecule has 1 heterocycles. The molecule has 2 rings (SSSR count). The van der Waals surface area contributed by atoms with Crippen LogP contribution in [0.15, 0.2) is 18.2 Å². The van der Waals surface area contributed by atoms with E-state index in [1.165, 1.54) is 18.9 Å². The molecule has 17 heavy (non-hydrogen) atoms. The Morgan fingerprint density at radius 1 is 1.29 bits per heavy atom. The highest BCUT2D eigenvalue weighted by Gasteiger charge is 2.21. The second-order valence-corrected chi connectivity index (χ2v) is 4.46. The van der Waals surface area contributed by atoms with Gasteiger partial charge in [-0.05, 0) is 38.4 Å². The van der Waals surface area contributed by atoms with Crippen LogP contribution in [0.2, 0.25) is 0 Å². The van der Waals surface area contributed by atoms with Gasteiger partial charge in [0.15, 0.2) is 11.6 Å². The summed E-state index contributed by atoms with van der Waals surface area (Å²) in [6, 6.07) is 3.93. The van der Waals surface area contributed by atoms with E-state index in [2.05, 4.69) is 5.32 Å². The van der Waals surface area contributed by atoms with Crippen molar-refractivity contribution in [1.82, 2.24) is 5.32 Å². The number of nitrogens with one attached hydrogen (secondary N) is 1. The molecule has 1 saturated heterocycles. The van der Waals surface area contributed by atoms with Crippen molar-refractivity contribution in [3.63, 3.8) is 0 Å². The molecule has 2 atom stereocenters. The molecule has 0 spiro atoms. The minimum absolute atomic E-state index is 0.0415. The van der Waals surface area contributed by atoms with Crippen LogP contribution < -0.4 is 10.1 Å². The Morgan fingerprint density at radius 3 is 2.76 bits per heavy atom. The number of hydrogen-bond donors (Lipinski definition) is 1. The largest absolute Gasteiger partial charge is 0.489 e. The summed E-state index contributed by atoms with van der Waals surface area (Å²) in [5.74, 6) is -1.34. The first-order valence-electron chi connectivity index (χ1n) is 6.02. The third kappa shape index (κ3) is 3.16. The van der Waals surface area contributed by atoms with Gasteiger partial charge in [-0.15, -0.1) is 0 Å². The van der Waals surface area contributed by atoms with Gasteiger partial charge in [0.1, 0.15) is 11.9 Å². The van der Waals surface area contributed by atoms with Crippen LogP contribution in [-0.2, 0) is 0 Å². The first kappa shape index (κ1) is 12.3. The van der Waals surface area contributed by atoms with Gasteiger partial charge in [0.25, 0.3) is 0 Å². The third-order valence-electron chi connectivity index (χ3n) is 3.13. The first-order chi connectivity index (χ1) is 8.16. The van der Waals surface area contributed by atoms with Crippen molar-refractivity contribution in [2.45, 2.75) is 38.3 Å². The Balaban J connectivity index is 1.96. The van der Waals surface area contributed by atoms with E-state index in [1.54, 1.807) is 0 Å². The van der Waals surface area contributed by atoms with E-state index in [9.17, 15) is 8.78 Å². The second kappa shape index (κ2) is 5.45. The number of piperidine rings is 1. The van der Waals surface area contributed by atoms with Gasteiger partial charge in [0, 0.05) is 12.1 Å². The molecular formula is C13H17F2NO. The van der Waals surface area contributed by atoms with Gasteiger partial charge >= 0.3 is 0 Å². The van der Waals surface area contributed by atoms with Crippen LogP contribution >= 0.6 is 0 Å². The van der Waals surface area contributed by atoms with Crippen LogP contribution in [0.4, 0.5) is 8.78 Å². The fourth-order valence-electron chi connectivity index (χ4n) is 2.13. The van der Waals surface area contributed by atoms with Crippen molar-refractivity contribution in [3.05, 3.63) is 29.8 Å². The zero-order chi connectivity index (χ0) is 12.3. The Morgan fingerprint density at radius 2 is 2.12 bits per heavy atom. The van der Waals surface area contributed by atoms with Crippen molar-refractivity contribution in [1.29, 1.82) is 0 Å². The van der Waals surface area contributed by atoms with Crippen LogP contribution in [-0.4, -0.2) is 18.7 Å². The number of benzene rings is 1. The summed E-state index contributed by atoms with van der Waals surface area (Å²) >= 11 is 0. The number of ether oxygens (including phenoxy) is 1.